The van der Waals surface area contributed by atoms with Crippen LogP contribution in [0.5, 0.6) is 11.5 Å². The van der Waals surface area contributed by atoms with Gasteiger partial charge in [-0.1, -0.05) is 0 Å². The predicted octanol–water partition coefficient (Wildman–Crippen LogP) is 3.07. The maximum absolute atomic E-state index is 12.9. The van der Waals surface area contributed by atoms with Gasteiger partial charge in [0.15, 0.2) is 5.78 Å². The molecule has 2 aromatic rings. The first-order chi connectivity index (χ1) is 13.8. The monoisotopic (exact) mass is 378 g/mol. The number of benzene rings is 2. The lowest BCUT2D eigenvalue weighted by molar-refractivity contribution is 0.104. The van der Waals surface area contributed by atoms with E-state index in [2.05, 4.69) is 9.80 Å². The zero-order valence-electron chi connectivity index (χ0n) is 16.2. The molecule has 3 aliphatic rings. The van der Waals surface area contributed by atoms with Gasteiger partial charge in [-0.2, -0.15) is 0 Å². The molecule has 2 saturated heterocycles. The fraction of sp³-hybridized carbons (Fsp3) is 0.435. The minimum atomic E-state index is 0.0615. The van der Waals surface area contributed by atoms with Gasteiger partial charge in [0.25, 0.3) is 0 Å². The number of carbonyl (C=O) groups excluding carboxylic acids is 1. The van der Waals surface area contributed by atoms with Crippen molar-refractivity contribution < 1.29 is 14.3 Å². The number of hydrogen-bond donors (Lipinski definition) is 0. The summed E-state index contributed by atoms with van der Waals surface area (Å²) < 4.78 is 11.8. The van der Waals surface area contributed by atoms with E-state index in [1.807, 2.05) is 36.4 Å². The van der Waals surface area contributed by atoms with Gasteiger partial charge >= 0.3 is 0 Å². The Hall–Kier alpha value is -2.37. The molecule has 5 heteroatoms. The minimum absolute atomic E-state index is 0.0615. The number of fused-ring (bicyclic) bond motifs is 3. The first kappa shape index (κ1) is 17.7. The quantitative estimate of drug-likeness (QED) is 0.603. The molecule has 2 aromatic carbocycles. The summed E-state index contributed by atoms with van der Waals surface area (Å²) in [5.74, 6) is 1.60. The van der Waals surface area contributed by atoms with Gasteiger partial charge in [0, 0.05) is 24.2 Å². The molecule has 146 valence electrons. The Balaban J connectivity index is 1.25. The maximum atomic E-state index is 12.9. The van der Waals surface area contributed by atoms with Gasteiger partial charge in [0.05, 0.1) is 0 Å². The molecule has 5 nitrogen and oxygen atoms in total. The molecule has 5 rings (SSSR count). The van der Waals surface area contributed by atoms with E-state index >= 15 is 0 Å². The van der Waals surface area contributed by atoms with Crippen LogP contribution in [-0.4, -0.2) is 68.1 Å². The van der Waals surface area contributed by atoms with Crippen LogP contribution in [0.4, 0.5) is 0 Å². The van der Waals surface area contributed by atoms with Crippen LogP contribution in [0.1, 0.15) is 28.8 Å². The molecule has 0 radical (unpaired) electrons. The van der Waals surface area contributed by atoms with Crippen LogP contribution < -0.4 is 9.47 Å². The predicted molar refractivity (Wildman–Crippen MR) is 108 cm³/mol. The maximum Gasteiger partial charge on any atom is 0.194 e. The van der Waals surface area contributed by atoms with Crippen LogP contribution in [0.2, 0.25) is 0 Å². The van der Waals surface area contributed by atoms with Gasteiger partial charge in [0.2, 0.25) is 0 Å². The summed E-state index contributed by atoms with van der Waals surface area (Å²) in [6.07, 6.45) is 2.57. The van der Waals surface area contributed by atoms with Crippen molar-refractivity contribution in [2.24, 2.45) is 0 Å². The fourth-order valence-electron chi connectivity index (χ4n) is 4.01. The largest absolute Gasteiger partial charge is 0.492 e. The Morgan fingerprint density at radius 3 is 1.54 bits per heavy atom. The van der Waals surface area contributed by atoms with E-state index in [4.69, 9.17) is 9.47 Å². The zero-order chi connectivity index (χ0) is 18.9. The highest BCUT2D eigenvalue weighted by Crippen LogP contribution is 2.39. The van der Waals surface area contributed by atoms with E-state index in [0.717, 1.165) is 46.8 Å². The van der Waals surface area contributed by atoms with Gasteiger partial charge in [-0.05, 0) is 86.5 Å². The van der Waals surface area contributed by atoms with Crippen molar-refractivity contribution in [3.63, 3.8) is 0 Å². The molecule has 0 unspecified atom stereocenters. The van der Waals surface area contributed by atoms with Crippen LogP contribution in [0.15, 0.2) is 36.4 Å². The standard InChI is InChI=1S/C23H26N2O3/c26-23-21-15-17(27-13-11-24-7-1-8-24)3-5-19(21)20-6-4-18(16-22(20)23)28-14-12-25-9-2-10-25/h3-6,15-16H,1-2,7-14H2. The third-order valence-electron chi connectivity index (χ3n) is 6.01. The second-order valence-electron chi connectivity index (χ2n) is 7.83. The van der Waals surface area contributed by atoms with Crippen LogP contribution in [-0.2, 0) is 0 Å². The molecule has 2 heterocycles. The molecule has 2 fully saturated rings. The van der Waals surface area contributed by atoms with E-state index < -0.39 is 0 Å². The molecule has 0 N–H and O–H groups in total. The molecule has 0 amide bonds. The van der Waals surface area contributed by atoms with Crippen LogP contribution in [0.3, 0.4) is 0 Å². The van der Waals surface area contributed by atoms with Crippen LogP contribution in [0.25, 0.3) is 11.1 Å². The van der Waals surface area contributed by atoms with Crippen LogP contribution in [0, 0.1) is 0 Å². The zero-order valence-corrected chi connectivity index (χ0v) is 16.2. The van der Waals surface area contributed by atoms with Crippen LogP contribution >= 0.6 is 0 Å². The number of carbonyl (C=O) groups is 1. The SMILES string of the molecule is O=C1c2cc(OCCN3CCC3)ccc2-c2ccc(OCCN3CCC3)cc21. The minimum Gasteiger partial charge on any atom is -0.492 e. The Bertz CT molecular complexity index is 816. The van der Waals surface area contributed by atoms with Gasteiger partial charge in [-0.3, -0.25) is 14.6 Å². The Morgan fingerprint density at radius 2 is 1.14 bits per heavy atom. The van der Waals surface area contributed by atoms with Crippen molar-refractivity contribution in [1.82, 2.24) is 9.80 Å². The molecule has 0 saturated carbocycles. The summed E-state index contributed by atoms with van der Waals surface area (Å²) in [7, 11) is 0. The molecule has 28 heavy (non-hydrogen) atoms. The highest BCUT2D eigenvalue weighted by molar-refractivity contribution is 6.22. The van der Waals surface area contributed by atoms with Gasteiger partial charge in [-0.25, -0.2) is 0 Å². The number of hydrogen-bond acceptors (Lipinski definition) is 5. The van der Waals surface area contributed by atoms with E-state index in [-0.39, 0.29) is 5.78 Å². The lowest BCUT2D eigenvalue weighted by Gasteiger charge is -2.30. The van der Waals surface area contributed by atoms with Crippen molar-refractivity contribution >= 4 is 5.78 Å². The lowest BCUT2D eigenvalue weighted by Crippen LogP contribution is -2.39. The van der Waals surface area contributed by atoms with Crippen molar-refractivity contribution in [3.05, 3.63) is 47.5 Å². The van der Waals surface area contributed by atoms with Crippen molar-refractivity contribution in [3.8, 4) is 22.6 Å². The molecule has 0 spiro atoms. The highest BCUT2D eigenvalue weighted by Gasteiger charge is 2.27. The van der Waals surface area contributed by atoms with E-state index in [1.54, 1.807) is 0 Å². The van der Waals surface area contributed by atoms with E-state index in [1.165, 1.54) is 39.0 Å². The summed E-state index contributed by atoms with van der Waals surface area (Å²) in [5, 5.41) is 0. The van der Waals surface area contributed by atoms with Crippen molar-refractivity contribution in [2.75, 3.05) is 52.5 Å². The van der Waals surface area contributed by atoms with Gasteiger partial charge in [0.1, 0.15) is 24.7 Å². The second-order valence-corrected chi connectivity index (χ2v) is 7.83. The van der Waals surface area contributed by atoms with E-state index in [9.17, 15) is 4.79 Å². The number of rotatable bonds is 8. The summed E-state index contributed by atoms with van der Waals surface area (Å²) >= 11 is 0. The normalized spacial score (nSPS) is 18.2. The van der Waals surface area contributed by atoms with Crippen molar-refractivity contribution in [2.45, 2.75) is 12.8 Å². The smallest absolute Gasteiger partial charge is 0.194 e. The number of likely N-dealkylation sites (tertiary alicyclic amines) is 2. The average molecular weight is 378 g/mol. The molecule has 1 aliphatic carbocycles. The third kappa shape index (κ3) is 3.40. The van der Waals surface area contributed by atoms with Gasteiger partial charge in [-0.15, -0.1) is 0 Å². The van der Waals surface area contributed by atoms with E-state index in [0.29, 0.717) is 13.2 Å². The fourth-order valence-corrected chi connectivity index (χ4v) is 4.01. The molecule has 0 atom stereocenters. The number of nitrogens with zero attached hydrogens (tertiary/aromatic N) is 2. The third-order valence-corrected chi connectivity index (χ3v) is 6.01. The second kappa shape index (κ2) is 7.57. The topological polar surface area (TPSA) is 42.0 Å². The molecule has 0 aromatic heterocycles. The number of ketones is 1. The highest BCUT2D eigenvalue weighted by atomic mass is 16.5. The molecule has 2 aliphatic heterocycles. The van der Waals surface area contributed by atoms with Crippen molar-refractivity contribution in [1.29, 1.82) is 0 Å². The summed E-state index contributed by atoms with van der Waals surface area (Å²) in [5.41, 5.74) is 3.44. The number of ether oxygens (including phenoxy) is 2. The Kier molecular flexibility index (Phi) is 4.79. The molecular weight excluding hydrogens is 352 g/mol. The van der Waals surface area contributed by atoms with Gasteiger partial charge < -0.3 is 9.47 Å². The molecule has 0 bridgehead atoms. The first-order valence-corrected chi connectivity index (χ1v) is 10.3. The Morgan fingerprint density at radius 1 is 0.679 bits per heavy atom. The Labute approximate surface area is 165 Å². The molecular formula is C23H26N2O3. The summed E-state index contributed by atoms with van der Waals surface area (Å²) in [4.78, 5) is 17.7. The average Bonchev–Trinajstić information content (AvgIpc) is 2.91. The summed E-state index contributed by atoms with van der Waals surface area (Å²) in [6, 6.07) is 11.7. The summed E-state index contributed by atoms with van der Waals surface area (Å²) in [6.45, 7) is 7.90. The first-order valence-electron chi connectivity index (χ1n) is 10.3. The lowest BCUT2D eigenvalue weighted by atomic mass is 10.1.